The molecule has 1 atom stereocenters. The molecule has 0 aromatic heterocycles. The van der Waals surface area contributed by atoms with Gasteiger partial charge in [0.15, 0.2) is 6.10 Å². The lowest BCUT2D eigenvalue weighted by atomic mass is 10.3. The summed E-state index contributed by atoms with van der Waals surface area (Å²) in [6.45, 7) is 0. The molecule has 0 heterocycles. The van der Waals surface area contributed by atoms with E-state index in [9.17, 15) is 18.0 Å². The lowest BCUT2D eigenvalue weighted by Crippen LogP contribution is -2.27. The Hall–Kier alpha value is -1.19. The molecule has 0 rings (SSSR count). The van der Waals surface area contributed by atoms with Crippen LogP contribution < -0.4 is 0 Å². The van der Waals surface area contributed by atoms with Gasteiger partial charge in [-0.1, -0.05) is 0 Å². The predicted molar refractivity (Wildman–Crippen MR) is 35.9 cm³/mol. The van der Waals surface area contributed by atoms with E-state index in [-0.39, 0.29) is 0 Å². The summed E-state index contributed by atoms with van der Waals surface area (Å²) in [4.78, 5) is 20.3. The number of hydrogen-bond acceptors (Lipinski definition) is 6. The molecule has 76 valence electrons. The van der Waals surface area contributed by atoms with Crippen molar-refractivity contribution in [3.8, 4) is 0 Å². The molecule has 9 heteroatoms. The van der Waals surface area contributed by atoms with Crippen LogP contribution in [0.25, 0.3) is 0 Å². The molecule has 0 saturated carbocycles. The molecule has 8 nitrogen and oxygen atoms in total. The van der Waals surface area contributed by atoms with Gasteiger partial charge in [0.25, 0.3) is 0 Å². The predicted octanol–water partition coefficient (Wildman–Crippen LogP) is -1.83. The number of hydrogen-bond donors (Lipinski definition) is 3. The van der Waals surface area contributed by atoms with Crippen LogP contribution in [0.5, 0.6) is 0 Å². The number of carbonyl (C=O) groups excluding carboxylic acids is 1. The minimum Gasteiger partial charge on any atom is -0.481 e. The molecule has 0 bridgehead atoms. The van der Waals surface area contributed by atoms with Gasteiger partial charge in [0, 0.05) is 0 Å². The Morgan fingerprint density at radius 1 is 1.38 bits per heavy atom. The number of carboxylic acid groups (broad SMARTS) is 1. The van der Waals surface area contributed by atoms with Crippen molar-refractivity contribution >= 4 is 22.3 Å². The van der Waals surface area contributed by atoms with E-state index in [1.807, 2.05) is 0 Å². The molecule has 0 aromatic rings. The molecule has 0 amide bonds. The first-order valence-electron chi connectivity index (χ1n) is 2.83. The second-order valence-corrected chi connectivity index (χ2v) is 2.97. The van der Waals surface area contributed by atoms with Crippen molar-refractivity contribution in [3.63, 3.8) is 0 Å². The standard InChI is InChI=1S/C4H6O8S/c5-2(1-3(6)7)4(8)12-13(9,10)11/h2,5H,1H2,(H,6,7)(H,9,10,11). The molecular weight excluding hydrogens is 208 g/mol. The Morgan fingerprint density at radius 2 is 1.85 bits per heavy atom. The minimum absolute atomic E-state index is 1.01. The van der Waals surface area contributed by atoms with E-state index in [1.165, 1.54) is 0 Å². The largest absolute Gasteiger partial charge is 0.481 e. The van der Waals surface area contributed by atoms with Crippen molar-refractivity contribution in [2.45, 2.75) is 12.5 Å². The highest BCUT2D eigenvalue weighted by Crippen LogP contribution is 1.98. The zero-order chi connectivity index (χ0) is 10.6. The average Bonchev–Trinajstić information content (AvgIpc) is 1.81. The maximum absolute atomic E-state index is 10.4. The third-order valence-electron chi connectivity index (χ3n) is 0.827. The number of aliphatic carboxylic acids is 1. The van der Waals surface area contributed by atoms with E-state index in [4.69, 9.17) is 14.8 Å². The van der Waals surface area contributed by atoms with Crippen LogP contribution in [0.2, 0.25) is 0 Å². The van der Waals surface area contributed by atoms with Gasteiger partial charge in [-0.2, -0.15) is 8.42 Å². The molecule has 0 spiro atoms. The van der Waals surface area contributed by atoms with Gasteiger partial charge in [-0.15, -0.1) is 0 Å². The van der Waals surface area contributed by atoms with Crippen molar-refractivity contribution in [1.29, 1.82) is 0 Å². The molecule has 0 radical (unpaired) electrons. The summed E-state index contributed by atoms with van der Waals surface area (Å²) in [5.74, 6) is -3.26. The molecule has 0 fully saturated rings. The van der Waals surface area contributed by atoms with Gasteiger partial charge in [0.1, 0.15) is 0 Å². The van der Waals surface area contributed by atoms with E-state index >= 15 is 0 Å². The quantitative estimate of drug-likeness (QED) is 0.464. The van der Waals surface area contributed by atoms with Gasteiger partial charge in [-0.05, 0) is 0 Å². The maximum atomic E-state index is 10.4. The van der Waals surface area contributed by atoms with E-state index in [1.54, 1.807) is 0 Å². The normalized spacial score (nSPS) is 13.4. The number of aliphatic hydroxyl groups excluding tert-OH is 1. The highest BCUT2D eigenvalue weighted by molar-refractivity contribution is 7.81. The second kappa shape index (κ2) is 4.16. The number of rotatable bonds is 4. The first-order chi connectivity index (χ1) is 5.72. The van der Waals surface area contributed by atoms with Crippen molar-refractivity contribution in [2.75, 3.05) is 0 Å². The van der Waals surface area contributed by atoms with Crippen LogP contribution >= 0.6 is 0 Å². The fourth-order valence-corrected chi connectivity index (χ4v) is 0.727. The van der Waals surface area contributed by atoms with Crippen LogP contribution in [0.1, 0.15) is 6.42 Å². The third kappa shape index (κ3) is 6.02. The number of carbonyl (C=O) groups is 2. The van der Waals surface area contributed by atoms with E-state index < -0.39 is 34.9 Å². The molecule has 0 aliphatic rings. The summed E-state index contributed by atoms with van der Waals surface area (Å²) in [6.07, 6.45) is -3.13. The van der Waals surface area contributed by atoms with Crippen LogP contribution in [0.3, 0.4) is 0 Å². The average molecular weight is 214 g/mol. The fourth-order valence-electron chi connectivity index (χ4n) is 0.408. The Labute approximate surface area is 72.7 Å². The van der Waals surface area contributed by atoms with Crippen molar-refractivity contribution < 1.29 is 37.0 Å². The summed E-state index contributed by atoms with van der Waals surface area (Å²) < 4.78 is 31.0. The van der Waals surface area contributed by atoms with Gasteiger partial charge in [-0.3, -0.25) is 9.35 Å². The van der Waals surface area contributed by atoms with Crippen LogP contribution in [-0.4, -0.2) is 41.2 Å². The van der Waals surface area contributed by atoms with E-state index in [0.29, 0.717) is 0 Å². The third-order valence-corrected chi connectivity index (χ3v) is 1.20. The molecule has 0 saturated heterocycles. The van der Waals surface area contributed by atoms with Crippen LogP contribution in [0.4, 0.5) is 0 Å². The van der Waals surface area contributed by atoms with Gasteiger partial charge in [0.2, 0.25) is 0 Å². The number of carboxylic acids is 1. The molecule has 13 heavy (non-hydrogen) atoms. The Morgan fingerprint density at radius 3 is 2.15 bits per heavy atom. The highest BCUT2D eigenvalue weighted by Gasteiger charge is 2.24. The summed E-state index contributed by atoms with van der Waals surface area (Å²) in [6, 6.07) is 0. The number of aliphatic hydroxyl groups is 1. The van der Waals surface area contributed by atoms with Crippen LogP contribution in [-0.2, 0) is 24.2 Å². The van der Waals surface area contributed by atoms with E-state index in [0.717, 1.165) is 0 Å². The molecule has 0 aliphatic carbocycles. The zero-order valence-electron chi connectivity index (χ0n) is 6.08. The Bertz CT molecular complexity index is 302. The Kier molecular flexibility index (Phi) is 3.78. The first kappa shape index (κ1) is 11.8. The maximum Gasteiger partial charge on any atom is 0.449 e. The van der Waals surface area contributed by atoms with Crippen molar-refractivity contribution in [1.82, 2.24) is 0 Å². The summed E-state index contributed by atoms with van der Waals surface area (Å²) in [5, 5.41) is 16.7. The van der Waals surface area contributed by atoms with Gasteiger partial charge in [-0.25, -0.2) is 4.79 Å². The Balaban J connectivity index is 4.21. The molecule has 0 aliphatic heterocycles. The molecule has 0 aromatic carbocycles. The summed E-state index contributed by atoms with van der Waals surface area (Å²) >= 11 is 0. The lowest BCUT2D eigenvalue weighted by molar-refractivity contribution is -0.151. The first-order valence-corrected chi connectivity index (χ1v) is 4.19. The van der Waals surface area contributed by atoms with Crippen molar-refractivity contribution in [3.05, 3.63) is 0 Å². The molecular formula is C4H6O8S. The smallest absolute Gasteiger partial charge is 0.449 e. The summed E-state index contributed by atoms with van der Waals surface area (Å²) in [5.41, 5.74) is 0. The van der Waals surface area contributed by atoms with Crippen molar-refractivity contribution in [2.24, 2.45) is 0 Å². The van der Waals surface area contributed by atoms with E-state index in [2.05, 4.69) is 4.18 Å². The van der Waals surface area contributed by atoms with Gasteiger partial charge < -0.3 is 14.4 Å². The fraction of sp³-hybridized carbons (Fsp3) is 0.500. The highest BCUT2D eigenvalue weighted by atomic mass is 32.3. The molecule has 1 unspecified atom stereocenters. The SMILES string of the molecule is O=C(O)CC(O)C(=O)OS(=O)(=O)O. The lowest BCUT2D eigenvalue weighted by Gasteiger charge is -2.04. The van der Waals surface area contributed by atoms with Gasteiger partial charge >= 0.3 is 22.3 Å². The second-order valence-electron chi connectivity index (χ2n) is 1.94. The minimum atomic E-state index is -5.01. The van der Waals surface area contributed by atoms with Gasteiger partial charge in [0.05, 0.1) is 6.42 Å². The summed E-state index contributed by atoms with van der Waals surface area (Å²) in [7, 11) is -5.01. The van der Waals surface area contributed by atoms with Crippen LogP contribution in [0.15, 0.2) is 0 Å². The molecule has 3 N–H and O–H groups in total. The zero-order valence-corrected chi connectivity index (χ0v) is 6.89. The van der Waals surface area contributed by atoms with Crippen LogP contribution in [0, 0.1) is 0 Å². The topological polar surface area (TPSA) is 138 Å². The monoisotopic (exact) mass is 214 g/mol.